The third-order valence-electron chi connectivity index (χ3n) is 6.48. The number of aromatic amines is 1. The van der Waals surface area contributed by atoms with Crippen molar-refractivity contribution in [1.82, 2.24) is 15.5 Å². The number of thioether (sulfide) groups is 1. The van der Waals surface area contributed by atoms with Crippen LogP contribution in [-0.4, -0.2) is 22.4 Å². The summed E-state index contributed by atoms with van der Waals surface area (Å²) in [4.78, 5) is 26.6. The lowest BCUT2D eigenvalue weighted by atomic mass is 9.90. The van der Waals surface area contributed by atoms with Gasteiger partial charge in [0.05, 0.1) is 18.2 Å². The molecule has 4 aromatic rings. The summed E-state index contributed by atoms with van der Waals surface area (Å²) in [6.07, 6.45) is 9.10. The van der Waals surface area contributed by atoms with Crippen molar-refractivity contribution in [2.24, 2.45) is 0 Å². The standard InChI is InChI=1S/C28H28N4O3S/c1-36-22-9-5-8-21(16-22)29-26(20-12-13-35-17-20)30-27(33)19-7-4-6-18(14-19)15-25-23-10-2-3-11-24(23)28(34)32-31-25/h4-9,12-14,16-17,26,29H,2-3,10-11,15H2,1H3,(H,30,33)(H,32,34). The Hall–Kier alpha value is -3.78. The van der Waals surface area contributed by atoms with E-state index in [9.17, 15) is 9.59 Å². The van der Waals surface area contributed by atoms with Gasteiger partial charge in [0.1, 0.15) is 6.17 Å². The molecule has 1 amide bonds. The monoisotopic (exact) mass is 500 g/mol. The van der Waals surface area contributed by atoms with Crippen molar-refractivity contribution in [1.29, 1.82) is 0 Å². The van der Waals surface area contributed by atoms with E-state index in [1.54, 1.807) is 30.4 Å². The third kappa shape index (κ3) is 5.39. The van der Waals surface area contributed by atoms with Crippen molar-refractivity contribution in [2.75, 3.05) is 11.6 Å². The van der Waals surface area contributed by atoms with Crippen molar-refractivity contribution in [3.63, 3.8) is 0 Å². The van der Waals surface area contributed by atoms with E-state index in [0.717, 1.165) is 64.2 Å². The molecular formula is C28H28N4O3S. The van der Waals surface area contributed by atoms with Crippen LogP contribution in [0.3, 0.4) is 0 Å². The molecule has 36 heavy (non-hydrogen) atoms. The third-order valence-corrected chi connectivity index (χ3v) is 7.20. The summed E-state index contributed by atoms with van der Waals surface area (Å²) in [7, 11) is 0. The van der Waals surface area contributed by atoms with Gasteiger partial charge < -0.3 is 15.1 Å². The summed E-state index contributed by atoms with van der Waals surface area (Å²) in [6, 6.07) is 17.4. The van der Waals surface area contributed by atoms with E-state index in [2.05, 4.69) is 20.8 Å². The maximum absolute atomic E-state index is 13.3. The molecule has 0 bridgehead atoms. The van der Waals surface area contributed by atoms with Gasteiger partial charge in [-0.1, -0.05) is 18.2 Å². The lowest BCUT2D eigenvalue weighted by Gasteiger charge is -2.21. The molecule has 2 aromatic carbocycles. The molecule has 3 N–H and O–H groups in total. The number of benzene rings is 2. The van der Waals surface area contributed by atoms with Gasteiger partial charge in [0.15, 0.2) is 0 Å². The summed E-state index contributed by atoms with van der Waals surface area (Å²) in [5.74, 6) is -0.201. The Balaban J connectivity index is 1.35. The van der Waals surface area contributed by atoms with E-state index in [1.165, 1.54) is 0 Å². The Morgan fingerprint density at radius 1 is 1.11 bits per heavy atom. The molecule has 7 nitrogen and oxygen atoms in total. The zero-order chi connectivity index (χ0) is 24.9. The molecule has 5 rings (SSSR count). The molecule has 184 valence electrons. The number of furan rings is 1. The maximum Gasteiger partial charge on any atom is 0.267 e. The van der Waals surface area contributed by atoms with Gasteiger partial charge in [0.25, 0.3) is 11.5 Å². The van der Waals surface area contributed by atoms with Crippen LogP contribution in [0.4, 0.5) is 5.69 Å². The van der Waals surface area contributed by atoms with Crippen molar-refractivity contribution >= 4 is 23.4 Å². The number of carbonyl (C=O) groups excluding carboxylic acids is 1. The molecule has 0 saturated carbocycles. The molecule has 0 aliphatic heterocycles. The van der Waals surface area contributed by atoms with Crippen molar-refractivity contribution in [3.05, 3.63) is 111 Å². The summed E-state index contributed by atoms with van der Waals surface area (Å²) in [5, 5.41) is 13.5. The molecule has 0 fully saturated rings. The Morgan fingerprint density at radius 3 is 2.75 bits per heavy atom. The van der Waals surface area contributed by atoms with E-state index < -0.39 is 6.17 Å². The second-order valence-corrected chi connectivity index (χ2v) is 9.76. The van der Waals surface area contributed by atoms with E-state index in [-0.39, 0.29) is 11.5 Å². The number of rotatable bonds is 8. The second kappa shape index (κ2) is 10.9. The van der Waals surface area contributed by atoms with Gasteiger partial charge in [-0.25, -0.2) is 5.10 Å². The highest BCUT2D eigenvalue weighted by atomic mass is 32.2. The highest BCUT2D eigenvalue weighted by Gasteiger charge is 2.20. The zero-order valence-electron chi connectivity index (χ0n) is 20.0. The molecule has 8 heteroatoms. The first-order valence-electron chi connectivity index (χ1n) is 12.0. The zero-order valence-corrected chi connectivity index (χ0v) is 20.9. The van der Waals surface area contributed by atoms with Crippen LogP contribution in [0.2, 0.25) is 0 Å². The first-order valence-corrected chi connectivity index (χ1v) is 13.2. The van der Waals surface area contributed by atoms with Crippen molar-refractivity contribution in [3.8, 4) is 0 Å². The minimum Gasteiger partial charge on any atom is -0.472 e. The molecule has 2 aromatic heterocycles. The number of amides is 1. The normalized spacial score (nSPS) is 13.6. The quantitative estimate of drug-likeness (QED) is 0.230. The molecule has 2 heterocycles. The van der Waals surface area contributed by atoms with E-state index in [1.807, 2.05) is 54.8 Å². The molecule has 1 aliphatic rings. The largest absolute Gasteiger partial charge is 0.472 e. The summed E-state index contributed by atoms with van der Waals surface area (Å²) in [6.45, 7) is 0. The molecule has 0 spiro atoms. The van der Waals surface area contributed by atoms with E-state index in [0.29, 0.717) is 12.0 Å². The number of H-pyrrole nitrogens is 1. The van der Waals surface area contributed by atoms with E-state index >= 15 is 0 Å². The summed E-state index contributed by atoms with van der Waals surface area (Å²) in [5.41, 5.74) is 5.97. The molecule has 0 saturated heterocycles. The van der Waals surface area contributed by atoms with Gasteiger partial charge in [-0.3, -0.25) is 9.59 Å². The lowest BCUT2D eigenvalue weighted by molar-refractivity contribution is 0.0941. The second-order valence-electron chi connectivity index (χ2n) is 8.88. The number of carbonyl (C=O) groups is 1. The van der Waals surface area contributed by atoms with Gasteiger partial charge in [0, 0.05) is 33.7 Å². The molecule has 1 atom stereocenters. The number of fused-ring (bicyclic) bond motifs is 1. The highest BCUT2D eigenvalue weighted by molar-refractivity contribution is 7.98. The van der Waals surface area contributed by atoms with Gasteiger partial charge in [-0.05, 0) is 79.5 Å². The molecule has 0 radical (unpaired) electrons. The van der Waals surface area contributed by atoms with Crippen molar-refractivity contribution < 1.29 is 9.21 Å². The number of aromatic nitrogens is 2. The average molecular weight is 501 g/mol. The predicted molar refractivity (Wildman–Crippen MR) is 142 cm³/mol. The number of hydrogen-bond acceptors (Lipinski definition) is 6. The van der Waals surface area contributed by atoms with Crippen LogP contribution in [0.25, 0.3) is 0 Å². The van der Waals surface area contributed by atoms with Gasteiger partial charge >= 0.3 is 0 Å². The topological polar surface area (TPSA) is 100 Å². The van der Waals surface area contributed by atoms with Crippen LogP contribution in [0, 0.1) is 0 Å². The summed E-state index contributed by atoms with van der Waals surface area (Å²) >= 11 is 1.66. The molecule has 1 unspecified atom stereocenters. The number of hydrogen-bond donors (Lipinski definition) is 3. The van der Waals surface area contributed by atoms with Crippen LogP contribution in [0.15, 0.2) is 81.2 Å². The van der Waals surface area contributed by atoms with Crippen LogP contribution in [0.5, 0.6) is 0 Å². The van der Waals surface area contributed by atoms with Crippen molar-refractivity contribution in [2.45, 2.75) is 43.2 Å². The van der Waals surface area contributed by atoms with Gasteiger partial charge in [-0.15, -0.1) is 11.8 Å². The van der Waals surface area contributed by atoms with Gasteiger partial charge in [0.2, 0.25) is 0 Å². The smallest absolute Gasteiger partial charge is 0.267 e. The fourth-order valence-electron chi connectivity index (χ4n) is 4.63. The Kier molecular flexibility index (Phi) is 7.23. The minimum absolute atomic E-state index is 0.0811. The Labute approximate surface area is 213 Å². The maximum atomic E-state index is 13.3. The minimum atomic E-state index is -0.468. The van der Waals surface area contributed by atoms with Crippen LogP contribution < -0.4 is 16.2 Å². The number of nitrogens with one attached hydrogen (secondary N) is 3. The van der Waals surface area contributed by atoms with E-state index in [4.69, 9.17) is 4.42 Å². The Bertz CT molecular complexity index is 1410. The van der Waals surface area contributed by atoms with Crippen LogP contribution >= 0.6 is 11.8 Å². The average Bonchev–Trinajstić information content (AvgIpc) is 3.45. The molecular weight excluding hydrogens is 472 g/mol. The fourth-order valence-corrected chi connectivity index (χ4v) is 5.09. The Morgan fingerprint density at radius 2 is 1.94 bits per heavy atom. The fraction of sp³-hybridized carbons (Fsp3) is 0.250. The lowest BCUT2D eigenvalue weighted by Crippen LogP contribution is -2.33. The van der Waals surface area contributed by atoms with Crippen LogP contribution in [0.1, 0.15) is 57.3 Å². The predicted octanol–water partition coefficient (Wildman–Crippen LogP) is 5.10. The molecule has 1 aliphatic carbocycles. The highest BCUT2D eigenvalue weighted by Crippen LogP contribution is 2.24. The first kappa shape index (κ1) is 23.9. The summed E-state index contributed by atoms with van der Waals surface area (Å²) < 4.78 is 5.28. The number of nitrogens with zero attached hydrogens (tertiary/aromatic N) is 1. The van der Waals surface area contributed by atoms with Gasteiger partial charge in [-0.2, -0.15) is 5.10 Å². The SMILES string of the molecule is CSc1cccc(NC(NC(=O)c2cccc(Cc3n[nH]c(=O)c4c3CCCC4)c2)c2ccoc2)c1. The van der Waals surface area contributed by atoms with Crippen LogP contribution in [-0.2, 0) is 19.3 Å². The number of anilines is 1. The first-order chi connectivity index (χ1) is 17.6.